The molecule has 1 unspecified atom stereocenters. The lowest BCUT2D eigenvalue weighted by Crippen LogP contribution is -2.29. The van der Waals surface area contributed by atoms with Gasteiger partial charge in [0.25, 0.3) is 10.0 Å². The first-order valence-corrected chi connectivity index (χ1v) is 13.5. The maximum Gasteiger partial charge on any atom is 0.290 e. The predicted octanol–water partition coefficient (Wildman–Crippen LogP) is 5.53. The standard InChI is InChI=1S/C26H27NO4S2/c1-4-26(25(19-21(3)28)22-11-7-5-8-12-22)32(29,23-13-9-6-10-14-23)27-33(30,31)24-17-15-20(2)16-18-24/h4-18,25-26H,1,19H2,2-3H3/t25-,26+,32?/m0/s1. The molecule has 5 nitrogen and oxygen atoms in total. The van der Waals surface area contributed by atoms with Crippen LogP contribution in [0.15, 0.2) is 111 Å². The van der Waals surface area contributed by atoms with Gasteiger partial charge in [-0.25, -0.2) is 4.21 Å². The summed E-state index contributed by atoms with van der Waals surface area (Å²) in [7, 11) is -7.87. The van der Waals surface area contributed by atoms with Gasteiger partial charge in [-0.05, 0) is 43.7 Å². The molecule has 33 heavy (non-hydrogen) atoms. The molecule has 0 amide bonds. The van der Waals surface area contributed by atoms with E-state index in [4.69, 9.17) is 0 Å². The highest BCUT2D eigenvalue weighted by atomic mass is 32.3. The molecule has 0 radical (unpaired) electrons. The number of aryl methyl sites for hydroxylation is 1. The number of Topliss-reactive ketones (excluding diaryl/α,β-unsaturated/α-hetero) is 1. The van der Waals surface area contributed by atoms with E-state index in [1.54, 1.807) is 42.5 Å². The van der Waals surface area contributed by atoms with Crippen molar-refractivity contribution in [2.24, 2.45) is 3.77 Å². The number of sulfonamides is 1. The largest absolute Gasteiger partial charge is 0.300 e. The average Bonchev–Trinajstić information content (AvgIpc) is 2.80. The second-order valence-electron chi connectivity index (χ2n) is 7.87. The molecular formula is C26H27NO4S2. The summed E-state index contributed by atoms with van der Waals surface area (Å²) in [6.45, 7) is 7.18. The number of nitrogens with zero attached hydrogens (tertiary/aromatic N) is 1. The van der Waals surface area contributed by atoms with Gasteiger partial charge in [0, 0.05) is 17.2 Å². The quantitative estimate of drug-likeness (QED) is 0.377. The van der Waals surface area contributed by atoms with Gasteiger partial charge in [0.2, 0.25) is 0 Å². The van der Waals surface area contributed by atoms with Crippen molar-refractivity contribution in [3.05, 3.63) is 109 Å². The number of carbonyl (C=O) groups excluding carboxylic acids is 1. The van der Waals surface area contributed by atoms with Gasteiger partial charge in [0.05, 0.1) is 19.9 Å². The molecule has 0 bridgehead atoms. The molecule has 0 N–H and O–H groups in total. The third kappa shape index (κ3) is 5.67. The van der Waals surface area contributed by atoms with E-state index >= 15 is 0 Å². The van der Waals surface area contributed by atoms with Gasteiger partial charge in [0.1, 0.15) is 5.78 Å². The Bertz CT molecular complexity index is 1340. The first kappa shape index (κ1) is 24.6. The van der Waals surface area contributed by atoms with Crippen molar-refractivity contribution in [3.63, 3.8) is 0 Å². The Kier molecular flexibility index (Phi) is 7.66. The van der Waals surface area contributed by atoms with Crippen LogP contribution in [0, 0.1) is 6.92 Å². The number of rotatable bonds is 9. The van der Waals surface area contributed by atoms with E-state index in [9.17, 15) is 17.4 Å². The summed E-state index contributed by atoms with van der Waals surface area (Å²) < 4.78 is 45.3. The minimum absolute atomic E-state index is 0.0394. The van der Waals surface area contributed by atoms with E-state index in [0.717, 1.165) is 11.1 Å². The van der Waals surface area contributed by atoms with E-state index in [1.807, 2.05) is 37.3 Å². The van der Waals surface area contributed by atoms with Gasteiger partial charge in [-0.3, -0.25) is 0 Å². The van der Waals surface area contributed by atoms with Crippen molar-refractivity contribution >= 4 is 25.5 Å². The van der Waals surface area contributed by atoms with Crippen LogP contribution >= 0.6 is 0 Å². The van der Waals surface area contributed by atoms with E-state index < -0.39 is 30.9 Å². The van der Waals surface area contributed by atoms with Crippen LogP contribution in [0.3, 0.4) is 0 Å². The molecule has 3 rings (SSSR count). The zero-order chi connectivity index (χ0) is 24.1. The van der Waals surface area contributed by atoms with Gasteiger partial charge in [-0.1, -0.05) is 72.3 Å². The van der Waals surface area contributed by atoms with Gasteiger partial charge < -0.3 is 4.79 Å². The monoisotopic (exact) mass is 481 g/mol. The van der Waals surface area contributed by atoms with Gasteiger partial charge in [-0.2, -0.15) is 8.42 Å². The molecule has 0 aliphatic rings. The molecule has 172 valence electrons. The van der Waals surface area contributed by atoms with E-state index in [2.05, 4.69) is 10.3 Å². The molecule has 0 aliphatic carbocycles. The Labute approximate surface area is 196 Å². The first-order chi connectivity index (χ1) is 15.7. The predicted molar refractivity (Wildman–Crippen MR) is 132 cm³/mol. The van der Waals surface area contributed by atoms with Gasteiger partial charge in [0.15, 0.2) is 0 Å². The topological polar surface area (TPSA) is 80.6 Å². The summed E-state index contributed by atoms with van der Waals surface area (Å²) in [4.78, 5) is 12.4. The van der Waals surface area contributed by atoms with Crippen molar-refractivity contribution in [3.8, 4) is 0 Å². The van der Waals surface area contributed by atoms with Crippen LogP contribution in [-0.4, -0.2) is 23.7 Å². The molecule has 0 heterocycles. The smallest absolute Gasteiger partial charge is 0.290 e. The second kappa shape index (κ2) is 10.3. The molecule has 0 fully saturated rings. The molecule has 3 atom stereocenters. The molecule has 0 spiro atoms. The summed E-state index contributed by atoms with van der Waals surface area (Å²) in [6, 6.07) is 23.7. The molecule has 7 heteroatoms. The van der Waals surface area contributed by atoms with E-state index in [1.165, 1.54) is 25.1 Å². The Morgan fingerprint density at radius 1 is 0.879 bits per heavy atom. The summed E-state index contributed by atoms with van der Waals surface area (Å²) in [5.41, 5.74) is 1.66. The van der Waals surface area contributed by atoms with Crippen LogP contribution in [0.4, 0.5) is 0 Å². The van der Waals surface area contributed by atoms with Crippen LogP contribution in [0.25, 0.3) is 0 Å². The van der Waals surface area contributed by atoms with Crippen LogP contribution < -0.4 is 0 Å². The lowest BCUT2D eigenvalue weighted by Gasteiger charge is -2.27. The molecule has 0 saturated heterocycles. The van der Waals surface area contributed by atoms with Gasteiger partial charge in [-0.15, -0.1) is 10.3 Å². The number of hydrogen-bond donors (Lipinski definition) is 0. The Balaban J connectivity index is 2.29. The summed E-state index contributed by atoms with van der Waals surface area (Å²) in [5.74, 6) is -0.669. The van der Waals surface area contributed by atoms with E-state index in [-0.39, 0.29) is 22.0 Å². The summed E-state index contributed by atoms with van der Waals surface area (Å²) in [6.07, 6.45) is 1.54. The van der Waals surface area contributed by atoms with Crippen molar-refractivity contribution in [1.82, 2.24) is 0 Å². The molecule has 3 aromatic rings. The molecule has 0 saturated carbocycles. The SMILES string of the molecule is C=C[C@H]([C@@H](CC(C)=O)c1ccccc1)S(=O)(=NS(=O)(=O)c1ccc(C)cc1)c1ccccc1. The second-order valence-corrected chi connectivity index (χ2v) is 12.0. The number of benzene rings is 3. The van der Waals surface area contributed by atoms with Crippen LogP contribution in [0.2, 0.25) is 0 Å². The Morgan fingerprint density at radius 2 is 1.42 bits per heavy atom. The van der Waals surface area contributed by atoms with Crippen molar-refractivity contribution < 1.29 is 17.4 Å². The normalized spacial score (nSPS) is 15.1. The number of carbonyl (C=O) groups is 1. The zero-order valence-corrected chi connectivity index (χ0v) is 20.3. The maximum absolute atomic E-state index is 14.6. The fourth-order valence-electron chi connectivity index (χ4n) is 3.72. The third-order valence-corrected chi connectivity index (χ3v) is 10.1. The zero-order valence-electron chi connectivity index (χ0n) is 18.6. The van der Waals surface area contributed by atoms with Crippen LogP contribution in [-0.2, 0) is 24.5 Å². The van der Waals surface area contributed by atoms with Crippen molar-refractivity contribution in [1.29, 1.82) is 0 Å². The average molecular weight is 482 g/mol. The molecule has 0 aromatic heterocycles. The third-order valence-electron chi connectivity index (χ3n) is 5.34. The first-order valence-electron chi connectivity index (χ1n) is 10.5. The highest BCUT2D eigenvalue weighted by Crippen LogP contribution is 2.35. The fraction of sp³-hybridized carbons (Fsp3) is 0.192. The maximum atomic E-state index is 14.6. The Morgan fingerprint density at radius 3 is 1.94 bits per heavy atom. The number of ketones is 1. The van der Waals surface area contributed by atoms with Crippen molar-refractivity contribution in [2.75, 3.05) is 0 Å². The lowest BCUT2D eigenvalue weighted by atomic mass is 9.90. The van der Waals surface area contributed by atoms with E-state index in [0.29, 0.717) is 0 Å². The Hall–Kier alpha value is -3.03. The van der Waals surface area contributed by atoms with Crippen LogP contribution in [0.5, 0.6) is 0 Å². The minimum Gasteiger partial charge on any atom is -0.300 e. The molecule has 0 aliphatic heterocycles. The summed E-state index contributed by atoms with van der Waals surface area (Å²) >= 11 is 0. The van der Waals surface area contributed by atoms with Crippen LogP contribution in [0.1, 0.15) is 30.4 Å². The lowest BCUT2D eigenvalue weighted by molar-refractivity contribution is -0.117. The highest BCUT2D eigenvalue weighted by molar-refractivity contribution is 8.03. The minimum atomic E-state index is -4.27. The van der Waals surface area contributed by atoms with Crippen molar-refractivity contribution in [2.45, 2.75) is 41.2 Å². The fourth-order valence-corrected chi connectivity index (χ4v) is 8.27. The molecule has 3 aromatic carbocycles. The van der Waals surface area contributed by atoms with Gasteiger partial charge >= 0.3 is 0 Å². The molecular weight excluding hydrogens is 454 g/mol. The number of hydrogen-bond acceptors (Lipinski definition) is 4. The highest BCUT2D eigenvalue weighted by Gasteiger charge is 2.35. The summed E-state index contributed by atoms with van der Waals surface area (Å²) in [5, 5.41) is -0.925.